The van der Waals surface area contributed by atoms with Crippen molar-refractivity contribution in [2.75, 3.05) is 23.7 Å². The lowest BCUT2D eigenvalue weighted by atomic mass is 10.0. The van der Waals surface area contributed by atoms with Crippen molar-refractivity contribution in [3.8, 4) is 11.1 Å². The number of rotatable bonds is 3. The Labute approximate surface area is 155 Å². The van der Waals surface area contributed by atoms with Crippen molar-refractivity contribution in [2.45, 2.75) is 18.9 Å². The number of anilines is 2. The summed E-state index contributed by atoms with van der Waals surface area (Å²) in [5.41, 5.74) is 20.2. The van der Waals surface area contributed by atoms with Crippen LogP contribution in [0.3, 0.4) is 0 Å². The van der Waals surface area contributed by atoms with Crippen molar-refractivity contribution >= 4 is 39.0 Å². The van der Waals surface area contributed by atoms with Gasteiger partial charge < -0.3 is 22.1 Å². The third-order valence-corrected chi connectivity index (χ3v) is 5.97. The maximum absolute atomic E-state index is 11.8. The molecule has 0 atom stereocenters. The molecule has 7 heteroatoms. The quantitative estimate of drug-likeness (QED) is 0.659. The van der Waals surface area contributed by atoms with Crippen LogP contribution in [0.15, 0.2) is 36.4 Å². The van der Waals surface area contributed by atoms with Crippen molar-refractivity contribution in [1.82, 2.24) is 4.98 Å². The number of amides is 1. The Morgan fingerprint density at radius 1 is 1.19 bits per heavy atom. The summed E-state index contributed by atoms with van der Waals surface area (Å²) in [5, 5.41) is 0.799. The maximum atomic E-state index is 11.8. The second kappa shape index (κ2) is 6.59. The summed E-state index contributed by atoms with van der Waals surface area (Å²) in [4.78, 5) is 19.9. The first-order valence-electron chi connectivity index (χ1n) is 8.63. The van der Waals surface area contributed by atoms with Crippen molar-refractivity contribution in [3.63, 3.8) is 0 Å². The zero-order valence-corrected chi connectivity index (χ0v) is 15.1. The van der Waals surface area contributed by atoms with E-state index < -0.39 is 5.91 Å². The maximum Gasteiger partial charge on any atom is 0.260 e. The van der Waals surface area contributed by atoms with E-state index in [4.69, 9.17) is 22.2 Å². The second-order valence-corrected chi connectivity index (χ2v) is 7.61. The number of carbonyl (C=O) groups is 1. The minimum Gasteiger partial charge on any atom is -0.397 e. The molecule has 3 heterocycles. The highest BCUT2D eigenvalue weighted by molar-refractivity contribution is 7.21. The molecule has 1 saturated heterocycles. The normalized spacial score (nSPS) is 15.5. The molecule has 134 valence electrons. The molecular weight excluding hydrogens is 346 g/mol. The average molecular weight is 367 g/mol. The molecule has 4 rings (SSSR count). The Balaban J connectivity index is 1.92. The summed E-state index contributed by atoms with van der Waals surface area (Å²) >= 11 is 1.26. The van der Waals surface area contributed by atoms with Crippen LogP contribution in [0.4, 0.5) is 11.5 Å². The first-order valence-corrected chi connectivity index (χ1v) is 9.45. The largest absolute Gasteiger partial charge is 0.397 e. The fourth-order valence-electron chi connectivity index (χ4n) is 3.43. The van der Waals surface area contributed by atoms with E-state index in [1.165, 1.54) is 11.3 Å². The summed E-state index contributed by atoms with van der Waals surface area (Å²) in [6, 6.07) is 12.3. The predicted octanol–water partition coefficient (Wildman–Crippen LogP) is 2.57. The minimum atomic E-state index is -0.519. The van der Waals surface area contributed by atoms with Crippen LogP contribution < -0.4 is 22.1 Å². The molecular formula is C19H21N5OS. The number of fused-ring (bicyclic) bond motifs is 1. The second-order valence-electron chi connectivity index (χ2n) is 6.61. The summed E-state index contributed by atoms with van der Waals surface area (Å²) < 4.78 is 0. The van der Waals surface area contributed by atoms with Gasteiger partial charge in [-0.25, -0.2) is 4.98 Å². The van der Waals surface area contributed by atoms with E-state index in [0.717, 1.165) is 53.1 Å². The molecule has 0 saturated carbocycles. The zero-order chi connectivity index (χ0) is 18.3. The minimum absolute atomic E-state index is 0.252. The van der Waals surface area contributed by atoms with Gasteiger partial charge in [-0.05, 0) is 30.0 Å². The molecule has 6 nitrogen and oxygen atoms in total. The SMILES string of the molecule is NC(=O)c1sc2nc(N3CCC(N)CC3)cc(-c3ccccc3)c2c1N. The average Bonchev–Trinajstić information content (AvgIpc) is 2.99. The molecule has 1 amide bonds. The van der Waals surface area contributed by atoms with E-state index in [2.05, 4.69) is 11.0 Å². The molecule has 1 aliphatic heterocycles. The molecule has 1 fully saturated rings. The number of hydrogen-bond donors (Lipinski definition) is 3. The monoisotopic (exact) mass is 367 g/mol. The smallest absolute Gasteiger partial charge is 0.260 e. The van der Waals surface area contributed by atoms with Crippen LogP contribution in [-0.2, 0) is 0 Å². The number of nitrogens with two attached hydrogens (primary N) is 3. The number of carbonyl (C=O) groups excluding carboxylic acids is 1. The van der Waals surface area contributed by atoms with Crippen LogP contribution in [0.2, 0.25) is 0 Å². The summed E-state index contributed by atoms with van der Waals surface area (Å²) in [5.74, 6) is 0.371. The number of thiophene rings is 1. The third-order valence-electron chi connectivity index (χ3n) is 4.86. The van der Waals surface area contributed by atoms with Crippen molar-refractivity contribution in [1.29, 1.82) is 0 Å². The Kier molecular flexibility index (Phi) is 4.26. The van der Waals surface area contributed by atoms with Gasteiger partial charge in [-0.2, -0.15) is 0 Å². The Hall–Kier alpha value is -2.64. The highest BCUT2D eigenvalue weighted by Gasteiger charge is 2.23. The van der Waals surface area contributed by atoms with Crippen LogP contribution in [0.25, 0.3) is 21.3 Å². The molecule has 2 aromatic heterocycles. The number of piperidine rings is 1. The molecule has 0 bridgehead atoms. The van der Waals surface area contributed by atoms with Gasteiger partial charge in [0.05, 0.1) is 5.69 Å². The molecule has 1 aliphatic rings. The van der Waals surface area contributed by atoms with E-state index in [-0.39, 0.29) is 6.04 Å². The van der Waals surface area contributed by atoms with Gasteiger partial charge in [0.2, 0.25) is 0 Å². The topological polar surface area (TPSA) is 111 Å². The van der Waals surface area contributed by atoms with Gasteiger partial charge in [0.25, 0.3) is 5.91 Å². The lowest BCUT2D eigenvalue weighted by Gasteiger charge is -2.31. The molecule has 3 aromatic rings. The molecule has 0 aliphatic carbocycles. The van der Waals surface area contributed by atoms with Crippen molar-refractivity contribution in [3.05, 3.63) is 41.3 Å². The van der Waals surface area contributed by atoms with E-state index in [1.54, 1.807) is 0 Å². The predicted molar refractivity (Wildman–Crippen MR) is 107 cm³/mol. The number of aromatic nitrogens is 1. The number of benzene rings is 1. The highest BCUT2D eigenvalue weighted by Crippen LogP contribution is 2.41. The van der Waals surface area contributed by atoms with Gasteiger partial charge in [0.1, 0.15) is 15.5 Å². The van der Waals surface area contributed by atoms with Crippen molar-refractivity contribution < 1.29 is 4.79 Å². The van der Waals surface area contributed by atoms with Crippen LogP contribution in [-0.4, -0.2) is 30.0 Å². The molecule has 0 unspecified atom stereocenters. The number of nitrogen functional groups attached to an aromatic ring is 1. The standard InChI is InChI=1S/C19H21N5OS/c20-12-6-8-24(9-7-12)14-10-13(11-4-2-1-3-5-11)15-16(21)17(18(22)25)26-19(15)23-14/h1-5,10,12H,6-9,20-21H2,(H2,22,25). The first kappa shape index (κ1) is 16.8. The lowest BCUT2D eigenvalue weighted by Crippen LogP contribution is -2.40. The molecule has 0 radical (unpaired) electrons. The van der Waals surface area contributed by atoms with Gasteiger partial charge in [-0.3, -0.25) is 4.79 Å². The van der Waals surface area contributed by atoms with E-state index in [0.29, 0.717) is 10.6 Å². The van der Waals surface area contributed by atoms with Gasteiger partial charge in [-0.15, -0.1) is 11.3 Å². The third kappa shape index (κ3) is 2.89. The van der Waals surface area contributed by atoms with Crippen molar-refractivity contribution in [2.24, 2.45) is 11.5 Å². The molecule has 1 aromatic carbocycles. The Bertz CT molecular complexity index is 961. The fraction of sp³-hybridized carbons (Fsp3) is 0.263. The summed E-state index contributed by atoms with van der Waals surface area (Å²) in [6.07, 6.45) is 1.89. The number of primary amides is 1. The lowest BCUT2D eigenvalue weighted by molar-refractivity contribution is 0.100. The van der Waals surface area contributed by atoms with E-state index in [9.17, 15) is 4.79 Å². The molecule has 6 N–H and O–H groups in total. The van der Waals surface area contributed by atoms with E-state index in [1.807, 2.05) is 30.3 Å². The Morgan fingerprint density at radius 3 is 2.54 bits per heavy atom. The number of pyridine rings is 1. The van der Waals surface area contributed by atoms with Crippen LogP contribution in [0, 0.1) is 0 Å². The first-order chi connectivity index (χ1) is 12.5. The van der Waals surface area contributed by atoms with Crippen LogP contribution in [0.5, 0.6) is 0 Å². The fourth-order valence-corrected chi connectivity index (χ4v) is 4.39. The van der Waals surface area contributed by atoms with Crippen LogP contribution in [0.1, 0.15) is 22.5 Å². The van der Waals surface area contributed by atoms with Crippen LogP contribution >= 0.6 is 11.3 Å². The van der Waals surface area contributed by atoms with Gasteiger partial charge in [-0.1, -0.05) is 30.3 Å². The van der Waals surface area contributed by atoms with Gasteiger partial charge in [0.15, 0.2) is 0 Å². The summed E-state index contributed by atoms with van der Waals surface area (Å²) in [6.45, 7) is 1.74. The van der Waals surface area contributed by atoms with Gasteiger partial charge >= 0.3 is 0 Å². The van der Waals surface area contributed by atoms with Gasteiger partial charge in [0, 0.05) is 24.5 Å². The zero-order valence-electron chi connectivity index (χ0n) is 14.3. The number of nitrogens with zero attached hydrogens (tertiary/aromatic N) is 2. The highest BCUT2D eigenvalue weighted by atomic mass is 32.1. The summed E-state index contributed by atoms with van der Waals surface area (Å²) in [7, 11) is 0. The molecule has 26 heavy (non-hydrogen) atoms. The molecule has 0 spiro atoms. The number of hydrogen-bond acceptors (Lipinski definition) is 6. The van der Waals surface area contributed by atoms with E-state index >= 15 is 0 Å². The Morgan fingerprint density at radius 2 is 1.88 bits per heavy atom.